The first kappa shape index (κ1) is 106. The van der Waals surface area contributed by atoms with Crippen molar-refractivity contribution in [2.45, 2.75) is 502 Å². The number of aliphatic hydroxyl groups is 1. The molecule has 0 aliphatic carbocycles. The summed E-state index contributed by atoms with van der Waals surface area (Å²) in [5.41, 5.74) is 0. The average molecular weight is 1580 g/mol. The lowest BCUT2D eigenvalue weighted by molar-refractivity contribution is -0.161. The molecular weight excluding hydrogens is 1400 g/mol. The van der Waals surface area contributed by atoms with E-state index in [-0.39, 0.29) is 25.7 Å². The van der Waals surface area contributed by atoms with Crippen LogP contribution in [0, 0.1) is 5.92 Å². The number of hydrogen-bond donors (Lipinski definition) is 3. The number of aliphatic hydroxyl groups excluding tert-OH is 1. The van der Waals surface area contributed by atoms with Crippen molar-refractivity contribution in [1.29, 1.82) is 0 Å². The minimum atomic E-state index is -4.97. The van der Waals surface area contributed by atoms with Gasteiger partial charge in [0.2, 0.25) is 0 Å². The van der Waals surface area contributed by atoms with E-state index in [4.69, 9.17) is 37.0 Å². The minimum absolute atomic E-state index is 0.109. The van der Waals surface area contributed by atoms with Gasteiger partial charge in [0.15, 0.2) is 12.2 Å². The predicted octanol–water partition coefficient (Wildman–Crippen LogP) is 27.5. The van der Waals surface area contributed by atoms with Gasteiger partial charge in [0, 0.05) is 25.7 Å². The maximum atomic E-state index is 13.2. The van der Waals surface area contributed by atoms with E-state index in [1.54, 1.807) is 0 Å². The van der Waals surface area contributed by atoms with Gasteiger partial charge >= 0.3 is 39.5 Å². The van der Waals surface area contributed by atoms with Gasteiger partial charge in [0.05, 0.1) is 26.4 Å². The van der Waals surface area contributed by atoms with Crippen LogP contribution in [0.25, 0.3) is 0 Å². The molecule has 3 N–H and O–H groups in total. The monoisotopic (exact) mass is 1580 g/mol. The van der Waals surface area contributed by atoms with E-state index in [0.717, 1.165) is 95.8 Å². The summed E-state index contributed by atoms with van der Waals surface area (Å²) in [5.74, 6) is -1.27. The predicted molar refractivity (Wildman–Crippen MR) is 446 cm³/mol. The van der Waals surface area contributed by atoms with Crippen molar-refractivity contribution in [1.82, 2.24) is 0 Å². The number of unbranched alkanes of at least 4 members (excludes halogenated alkanes) is 61. The van der Waals surface area contributed by atoms with Crippen LogP contribution < -0.4 is 0 Å². The van der Waals surface area contributed by atoms with Gasteiger partial charge in [-0.15, -0.1) is 0 Å². The van der Waals surface area contributed by atoms with E-state index in [1.807, 2.05) is 0 Å². The maximum absolute atomic E-state index is 13.2. The molecule has 0 aromatic heterocycles. The Morgan fingerprint density at radius 3 is 0.630 bits per heavy atom. The van der Waals surface area contributed by atoms with Crippen molar-refractivity contribution in [2.24, 2.45) is 5.92 Å². The summed E-state index contributed by atoms with van der Waals surface area (Å²) < 4.78 is 69.0. The van der Waals surface area contributed by atoms with E-state index < -0.39 is 97.5 Å². The number of hydrogen-bond acceptors (Lipinski definition) is 15. The first-order valence-corrected chi connectivity index (χ1v) is 49.1. The van der Waals surface area contributed by atoms with E-state index in [9.17, 15) is 43.2 Å². The molecule has 0 radical (unpaired) electrons. The van der Waals surface area contributed by atoms with Gasteiger partial charge in [-0.05, 0) is 31.6 Å². The van der Waals surface area contributed by atoms with Crippen LogP contribution in [-0.2, 0) is 65.4 Å². The molecule has 108 heavy (non-hydrogen) atoms. The summed E-state index contributed by atoms with van der Waals surface area (Å²) in [6.07, 6.45) is 76.5. The zero-order valence-corrected chi connectivity index (χ0v) is 72.8. The van der Waals surface area contributed by atoms with E-state index >= 15 is 0 Å². The van der Waals surface area contributed by atoms with Gasteiger partial charge in [0.25, 0.3) is 0 Å². The Kier molecular flexibility index (Phi) is 80.2. The van der Waals surface area contributed by atoms with Gasteiger partial charge in [-0.3, -0.25) is 37.3 Å². The highest BCUT2D eigenvalue weighted by atomic mass is 31.2. The van der Waals surface area contributed by atoms with Gasteiger partial charge in [0.1, 0.15) is 19.3 Å². The molecule has 19 heteroatoms. The van der Waals surface area contributed by atoms with E-state index in [2.05, 4.69) is 34.6 Å². The molecule has 0 aromatic carbocycles. The van der Waals surface area contributed by atoms with E-state index in [1.165, 1.54) is 308 Å². The zero-order valence-electron chi connectivity index (χ0n) is 71.0. The highest BCUT2D eigenvalue weighted by Crippen LogP contribution is 2.45. The molecule has 0 amide bonds. The Bertz CT molecular complexity index is 2050. The molecule has 0 fully saturated rings. The summed E-state index contributed by atoms with van der Waals surface area (Å²) in [7, 11) is -9.93. The molecule has 0 bridgehead atoms. The Balaban J connectivity index is 5.21. The van der Waals surface area contributed by atoms with Crippen LogP contribution in [0.4, 0.5) is 0 Å². The second kappa shape index (κ2) is 81.6. The Morgan fingerprint density at radius 2 is 0.426 bits per heavy atom. The van der Waals surface area contributed by atoms with Gasteiger partial charge in [-0.1, -0.05) is 433 Å². The van der Waals surface area contributed by atoms with Gasteiger partial charge in [-0.25, -0.2) is 9.13 Å². The Morgan fingerprint density at radius 1 is 0.250 bits per heavy atom. The molecule has 0 aromatic rings. The summed E-state index contributed by atoms with van der Waals surface area (Å²) in [6.45, 7) is 7.41. The second-order valence-electron chi connectivity index (χ2n) is 32.5. The van der Waals surface area contributed by atoms with Crippen LogP contribution in [0.5, 0.6) is 0 Å². The van der Waals surface area contributed by atoms with Crippen molar-refractivity contribution in [3.8, 4) is 0 Å². The maximum Gasteiger partial charge on any atom is 0.472 e. The first-order chi connectivity index (χ1) is 52.5. The number of rotatable bonds is 89. The van der Waals surface area contributed by atoms with E-state index in [0.29, 0.717) is 25.7 Å². The van der Waals surface area contributed by atoms with Crippen LogP contribution in [0.2, 0.25) is 0 Å². The lowest BCUT2D eigenvalue weighted by Gasteiger charge is -2.21. The first-order valence-electron chi connectivity index (χ1n) is 46.1. The third-order valence-corrected chi connectivity index (χ3v) is 22.9. The molecule has 0 aliphatic heterocycles. The smallest absolute Gasteiger partial charge is 0.462 e. The fourth-order valence-corrected chi connectivity index (χ4v) is 15.6. The highest BCUT2D eigenvalue weighted by molar-refractivity contribution is 7.47. The summed E-state index contributed by atoms with van der Waals surface area (Å²) >= 11 is 0. The van der Waals surface area contributed by atoms with Crippen molar-refractivity contribution in [3.63, 3.8) is 0 Å². The molecule has 17 nitrogen and oxygen atoms in total. The number of phosphoric ester groups is 2. The van der Waals surface area contributed by atoms with Gasteiger partial charge in [-0.2, -0.15) is 0 Å². The Labute approximate surface area is 664 Å². The largest absolute Gasteiger partial charge is 0.472 e. The lowest BCUT2D eigenvalue weighted by atomic mass is 10.0. The molecule has 5 atom stereocenters. The van der Waals surface area contributed by atoms with Crippen LogP contribution in [0.15, 0.2) is 0 Å². The van der Waals surface area contributed by atoms with Crippen LogP contribution in [0.1, 0.15) is 484 Å². The molecule has 0 heterocycles. The third kappa shape index (κ3) is 82.1. The zero-order chi connectivity index (χ0) is 79.0. The van der Waals surface area contributed by atoms with Crippen molar-refractivity contribution in [3.05, 3.63) is 0 Å². The van der Waals surface area contributed by atoms with Crippen molar-refractivity contribution in [2.75, 3.05) is 39.6 Å². The van der Waals surface area contributed by atoms with Crippen LogP contribution in [0.3, 0.4) is 0 Å². The fourth-order valence-electron chi connectivity index (χ4n) is 14.0. The molecule has 0 rings (SSSR count). The SMILES string of the molecule is CCCCCCCCCCCCCCCCCCCCCCCCC(=O)O[C@H](COC(=O)CCCCCCCCCCCCCCCCCCCCC(C)C)COP(=O)(O)OC[C@@H](O)COP(=O)(O)OC[C@@H](COC(=O)CCCCCCCCCCCCC)OC(=O)CCCCCCCCCCCCCCCC. The number of carbonyl (C=O) groups excluding carboxylic acids is 4. The Hall–Kier alpha value is -1.94. The van der Waals surface area contributed by atoms with Crippen LogP contribution in [-0.4, -0.2) is 96.7 Å². The third-order valence-electron chi connectivity index (χ3n) is 21.0. The summed E-state index contributed by atoms with van der Waals surface area (Å²) in [6, 6.07) is 0. The fraction of sp³-hybridized carbons (Fsp3) is 0.955. The standard InChI is InChI=1S/C89H174O17P2/c1-6-9-12-15-18-21-24-26-28-29-30-31-32-33-38-41-45-50-55-60-65-70-75-89(94)106-85(79-100-87(92)73-68-63-58-53-48-44-40-37-35-34-36-39-42-47-51-56-61-66-71-82(4)5)81-104-108(97,98)102-77-83(90)76-101-107(95,96)103-80-84(78-99-86(91)72-67-62-57-52-46-23-20-17-14-11-8-3)105-88(93)74-69-64-59-54-49-43-27-25-22-19-16-13-10-7-2/h82-85,90H,6-81H2,1-5H3,(H,95,96)(H,97,98)/t83-,84+,85+/m0/s1. The van der Waals surface area contributed by atoms with Crippen LogP contribution >= 0.6 is 15.6 Å². The van der Waals surface area contributed by atoms with Crippen molar-refractivity contribution >= 4 is 39.5 Å². The van der Waals surface area contributed by atoms with Gasteiger partial charge < -0.3 is 33.8 Å². The number of phosphoric acid groups is 2. The topological polar surface area (TPSA) is 237 Å². The molecule has 0 spiro atoms. The van der Waals surface area contributed by atoms with Crippen molar-refractivity contribution < 1.29 is 80.2 Å². The second-order valence-corrected chi connectivity index (χ2v) is 35.4. The quantitative estimate of drug-likeness (QED) is 0.0222. The number of carbonyl (C=O) groups is 4. The lowest BCUT2D eigenvalue weighted by Crippen LogP contribution is -2.30. The molecule has 642 valence electrons. The average Bonchev–Trinajstić information content (AvgIpc) is 0.899. The normalized spacial score (nSPS) is 13.7. The molecule has 0 saturated heterocycles. The summed E-state index contributed by atoms with van der Waals surface area (Å²) in [4.78, 5) is 73.3. The molecule has 2 unspecified atom stereocenters. The minimum Gasteiger partial charge on any atom is -0.462 e. The highest BCUT2D eigenvalue weighted by Gasteiger charge is 2.30. The molecule has 0 aliphatic rings. The molecular formula is C89H174O17P2. The summed E-state index contributed by atoms with van der Waals surface area (Å²) in [5, 5.41) is 10.7. The molecule has 0 saturated carbocycles. The number of ether oxygens (including phenoxy) is 4. The number of esters is 4.